The molecule has 0 aliphatic rings. The molecule has 2 aromatic carbocycles. The van der Waals surface area contributed by atoms with E-state index in [-0.39, 0.29) is 12.4 Å². The molecule has 0 spiro atoms. The zero-order valence-electron chi connectivity index (χ0n) is 11.7. The molecular weight excluding hydrogens is 268 g/mol. The highest BCUT2D eigenvalue weighted by Gasteiger charge is 2.07. The molecule has 0 saturated carbocycles. The van der Waals surface area contributed by atoms with Gasteiger partial charge in [-0.15, -0.1) is 0 Å². The number of benzene rings is 2. The lowest BCUT2D eigenvalue weighted by molar-refractivity contribution is -0.139. The van der Waals surface area contributed by atoms with Crippen LogP contribution in [0.5, 0.6) is 5.75 Å². The van der Waals surface area contributed by atoms with Gasteiger partial charge < -0.3 is 9.47 Å². The Hall–Kier alpha value is -2.62. The normalized spacial score (nSPS) is 9.95. The van der Waals surface area contributed by atoms with Crippen LogP contribution in [-0.2, 0) is 16.1 Å². The van der Waals surface area contributed by atoms with Crippen molar-refractivity contribution < 1.29 is 19.1 Å². The Balaban J connectivity index is 1.89. The van der Waals surface area contributed by atoms with Gasteiger partial charge in [0, 0.05) is 12.5 Å². The molecule has 4 nitrogen and oxygen atoms in total. The average molecular weight is 284 g/mol. The van der Waals surface area contributed by atoms with E-state index in [4.69, 9.17) is 4.74 Å². The Kier molecular flexibility index (Phi) is 5.10. The van der Waals surface area contributed by atoms with Gasteiger partial charge in [0.1, 0.15) is 12.4 Å². The molecule has 108 valence electrons. The monoisotopic (exact) mass is 284 g/mol. The minimum Gasteiger partial charge on any atom is -0.489 e. The van der Waals surface area contributed by atoms with Crippen LogP contribution in [0.15, 0.2) is 54.6 Å². The first-order chi connectivity index (χ1) is 10.1. The second-order valence-corrected chi connectivity index (χ2v) is 4.50. The number of ketones is 1. The maximum atomic E-state index is 11.7. The summed E-state index contributed by atoms with van der Waals surface area (Å²) >= 11 is 0. The van der Waals surface area contributed by atoms with Crippen LogP contribution in [0.25, 0.3) is 0 Å². The van der Waals surface area contributed by atoms with Gasteiger partial charge in [-0.25, -0.2) is 0 Å². The van der Waals surface area contributed by atoms with Crippen LogP contribution in [0.3, 0.4) is 0 Å². The Labute approximate surface area is 123 Å². The van der Waals surface area contributed by atoms with Crippen molar-refractivity contribution in [3.05, 3.63) is 65.7 Å². The van der Waals surface area contributed by atoms with Crippen molar-refractivity contribution in [2.24, 2.45) is 0 Å². The van der Waals surface area contributed by atoms with Crippen molar-refractivity contribution in [1.82, 2.24) is 0 Å². The molecule has 0 bridgehead atoms. The van der Waals surface area contributed by atoms with Crippen LogP contribution in [0.4, 0.5) is 0 Å². The third-order valence-corrected chi connectivity index (χ3v) is 2.83. The second-order valence-electron chi connectivity index (χ2n) is 4.50. The standard InChI is InChI=1S/C17H16O4/c1-13(18)20-12-17(19)15-7-9-16(10-8-15)21-11-14-5-3-2-4-6-14/h2-10H,11-12H2,1H3. The van der Waals surface area contributed by atoms with Gasteiger partial charge in [0.05, 0.1) is 0 Å². The van der Waals surface area contributed by atoms with Crippen LogP contribution >= 0.6 is 0 Å². The maximum Gasteiger partial charge on any atom is 0.303 e. The van der Waals surface area contributed by atoms with Crippen molar-refractivity contribution in [3.8, 4) is 5.75 Å². The van der Waals surface area contributed by atoms with Crippen molar-refractivity contribution in [1.29, 1.82) is 0 Å². The first-order valence-corrected chi connectivity index (χ1v) is 6.58. The zero-order chi connectivity index (χ0) is 15.1. The van der Waals surface area contributed by atoms with E-state index >= 15 is 0 Å². The number of rotatable bonds is 6. The highest BCUT2D eigenvalue weighted by molar-refractivity contribution is 5.97. The van der Waals surface area contributed by atoms with Gasteiger partial charge in [-0.1, -0.05) is 30.3 Å². The molecule has 2 aromatic rings. The van der Waals surface area contributed by atoms with E-state index in [2.05, 4.69) is 4.74 Å². The van der Waals surface area contributed by atoms with E-state index < -0.39 is 5.97 Å². The summed E-state index contributed by atoms with van der Waals surface area (Å²) in [6.45, 7) is 1.51. The van der Waals surface area contributed by atoms with Gasteiger partial charge in [0.15, 0.2) is 12.4 Å². The number of esters is 1. The molecule has 0 atom stereocenters. The number of hydrogen-bond acceptors (Lipinski definition) is 4. The smallest absolute Gasteiger partial charge is 0.303 e. The minimum atomic E-state index is -0.467. The molecule has 0 aliphatic carbocycles. The Morgan fingerprint density at radius 3 is 2.24 bits per heavy atom. The minimum absolute atomic E-state index is 0.236. The molecular formula is C17H16O4. The second kappa shape index (κ2) is 7.24. The largest absolute Gasteiger partial charge is 0.489 e. The molecule has 0 aliphatic heterocycles. The molecule has 21 heavy (non-hydrogen) atoms. The van der Waals surface area contributed by atoms with E-state index in [1.54, 1.807) is 24.3 Å². The van der Waals surface area contributed by atoms with Crippen LogP contribution in [0, 0.1) is 0 Å². The van der Waals surface area contributed by atoms with Gasteiger partial charge in [0.25, 0.3) is 0 Å². The number of ether oxygens (including phenoxy) is 2. The van der Waals surface area contributed by atoms with E-state index in [1.165, 1.54) is 6.92 Å². The first-order valence-electron chi connectivity index (χ1n) is 6.58. The number of carbonyl (C=O) groups is 2. The lowest BCUT2D eigenvalue weighted by atomic mass is 10.1. The number of Topliss-reactive ketones (excluding diaryl/α,β-unsaturated/α-hetero) is 1. The highest BCUT2D eigenvalue weighted by Crippen LogP contribution is 2.14. The lowest BCUT2D eigenvalue weighted by Crippen LogP contribution is -2.11. The van der Waals surface area contributed by atoms with Gasteiger partial charge >= 0.3 is 5.97 Å². The topological polar surface area (TPSA) is 52.6 Å². The quantitative estimate of drug-likeness (QED) is 0.604. The summed E-state index contributed by atoms with van der Waals surface area (Å²) in [5.41, 5.74) is 1.57. The maximum absolute atomic E-state index is 11.7. The Morgan fingerprint density at radius 1 is 0.952 bits per heavy atom. The van der Waals surface area contributed by atoms with Crippen molar-refractivity contribution in [2.45, 2.75) is 13.5 Å². The number of hydrogen-bond donors (Lipinski definition) is 0. The van der Waals surface area contributed by atoms with E-state index in [0.717, 1.165) is 5.56 Å². The van der Waals surface area contributed by atoms with Gasteiger partial charge in [-0.3, -0.25) is 9.59 Å². The third-order valence-electron chi connectivity index (χ3n) is 2.83. The summed E-state index contributed by atoms with van der Waals surface area (Å²) in [4.78, 5) is 22.4. The molecule has 2 rings (SSSR count). The van der Waals surface area contributed by atoms with E-state index in [1.807, 2.05) is 30.3 Å². The third kappa shape index (κ3) is 4.76. The fourth-order valence-corrected chi connectivity index (χ4v) is 1.73. The van der Waals surface area contributed by atoms with Crippen molar-refractivity contribution in [3.63, 3.8) is 0 Å². The SMILES string of the molecule is CC(=O)OCC(=O)c1ccc(OCc2ccccc2)cc1. The fourth-order valence-electron chi connectivity index (χ4n) is 1.73. The van der Waals surface area contributed by atoms with Gasteiger partial charge in [-0.2, -0.15) is 0 Å². The first kappa shape index (κ1) is 14.8. The van der Waals surface area contributed by atoms with Crippen LogP contribution in [0.2, 0.25) is 0 Å². The molecule has 0 heterocycles. The van der Waals surface area contributed by atoms with Crippen LogP contribution in [0.1, 0.15) is 22.8 Å². The molecule has 0 amide bonds. The molecule has 0 saturated heterocycles. The molecule has 0 unspecified atom stereocenters. The van der Waals surface area contributed by atoms with Crippen LogP contribution in [-0.4, -0.2) is 18.4 Å². The predicted octanol–water partition coefficient (Wildman–Crippen LogP) is 3.01. The van der Waals surface area contributed by atoms with Gasteiger partial charge in [0.2, 0.25) is 0 Å². The summed E-state index contributed by atoms with van der Waals surface area (Å²) in [7, 11) is 0. The molecule has 4 heteroatoms. The zero-order valence-corrected chi connectivity index (χ0v) is 11.7. The Morgan fingerprint density at radius 2 is 1.62 bits per heavy atom. The van der Waals surface area contributed by atoms with E-state index in [9.17, 15) is 9.59 Å². The molecule has 0 N–H and O–H groups in total. The summed E-state index contributed by atoms with van der Waals surface area (Å²) in [5, 5.41) is 0. The summed E-state index contributed by atoms with van der Waals surface area (Å²) in [6.07, 6.45) is 0. The average Bonchev–Trinajstić information content (AvgIpc) is 2.52. The molecule has 0 radical (unpaired) electrons. The van der Waals surface area contributed by atoms with E-state index in [0.29, 0.717) is 17.9 Å². The van der Waals surface area contributed by atoms with Crippen LogP contribution < -0.4 is 4.74 Å². The molecule has 0 aromatic heterocycles. The molecule has 0 fully saturated rings. The van der Waals surface area contributed by atoms with Crippen molar-refractivity contribution in [2.75, 3.05) is 6.61 Å². The summed E-state index contributed by atoms with van der Waals surface area (Å²) in [6, 6.07) is 16.6. The summed E-state index contributed by atoms with van der Waals surface area (Å²) in [5.74, 6) is -0.0196. The lowest BCUT2D eigenvalue weighted by Gasteiger charge is -2.07. The summed E-state index contributed by atoms with van der Waals surface area (Å²) < 4.78 is 10.3. The van der Waals surface area contributed by atoms with Gasteiger partial charge in [-0.05, 0) is 29.8 Å². The highest BCUT2D eigenvalue weighted by atomic mass is 16.5. The predicted molar refractivity (Wildman–Crippen MR) is 78.2 cm³/mol. The Bertz CT molecular complexity index is 602. The number of carbonyl (C=O) groups excluding carboxylic acids is 2. The van der Waals surface area contributed by atoms with Crippen molar-refractivity contribution >= 4 is 11.8 Å². The fraction of sp³-hybridized carbons (Fsp3) is 0.176.